The Morgan fingerprint density at radius 2 is 2.31 bits per heavy atom. The summed E-state index contributed by atoms with van der Waals surface area (Å²) in [5.41, 5.74) is 2.03. The zero-order valence-electron chi connectivity index (χ0n) is 10.1. The molecule has 0 spiro atoms. The molecule has 1 aromatic heterocycles. The number of nitrogens with zero attached hydrogens (tertiary/aromatic N) is 2. The summed E-state index contributed by atoms with van der Waals surface area (Å²) in [7, 11) is 0. The van der Waals surface area contributed by atoms with Crippen molar-refractivity contribution in [1.29, 1.82) is 0 Å². The molecule has 0 amide bonds. The molecule has 16 heavy (non-hydrogen) atoms. The molecule has 0 bridgehead atoms. The number of hydrogen-bond donors (Lipinski definition) is 1. The molecule has 0 atom stereocenters. The van der Waals surface area contributed by atoms with Gasteiger partial charge in [0.2, 0.25) is 0 Å². The van der Waals surface area contributed by atoms with E-state index < -0.39 is 0 Å². The predicted octanol–water partition coefficient (Wildman–Crippen LogP) is 2.15. The van der Waals surface area contributed by atoms with Gasteiger partial charge in [-0.05, 0) is 24.7 Å². The molecular formula is C13H21N3. The number of rotatable bonds is 4. The molecule has 1 aliphatic heterocycles. The van der Waals surface area contributed by atoms with Crippen molar-refractivity contribution in [2.75, 3.05) is 13.1 Å². The van der Waals surface area contributed by atoms with Crippen molar-refractivity contribution >= 4 is 0 Å². The first kappa shape index (κ1) is 10.3. The van der Waals surface area contributed by atoms with Crippen molar-refractivity contribution in [2.24, 2.45) is 5.41 Å². The van der Waals surface area contributed by atoms with Crippen LogP contribution in [0, 0.1) is 5.41 Å². The van der Waals surface area contributed by atoms with Gasteiger partial charge in [-0.2, -0.15) is 0 Å². The fourth-order valence-corrected chi connectivity index (χ4v) is 2.96. The second-order valence-electron chi connectivity index (χ2n) is 5.51. The Morgan fingerprint density at radius 1 is 1.50 bits per heavy atom. The molecular weight excluding hydrogens is 198 g/mol. The van der Waals surface area contributed by atoms with Crippen LogP contribution in [0.3, 0.4) is 0 Å². The lowest BCUT2D eigenvalue weighted by Crippen LogP contribution is -2.42. The Hall–Kier alpha value is -0.830. The van der Waals surface area contributed by atoms with Crippen LogP contribution in [0.25, 0.3) is 0 Å². The van der Waals surface area contributed by atoms with Crippen molar-refractivity contribution in [3.8, 4) is 0 Å². The monoisotopic (exact) mass is 219 g/mol. The maximum Gasteiger partial charge on any atom is 0.0948 e. The van der Waals surface area contributed by atoms with Gasteiger partial charge in [-0.3, -0.25) is 0 Å². The standard InChI is InChI=1S/C13H21N3/c1-2-13(4-3-5-13)9-16-10-15-8-12(16)11-6-14-7-11/h8,10-11,14H,2-7,9H2,1H3. The van der Waals surface area contributed by atoms with Crippen molar-refractivity contribution in [2.45, 2.75) is 45.1 Å². The van der Waals surface area contributed by atoms with Crippen LogP contribution in [-0.4, -0.2) is 22.6 Å². The third-order valence-electron chi connectivity index (χ3n) is 4.61. The van der Waals surface area contributed by atoms with Gasteiger partial charge in [0.05, 0.1) is 6.33 Å². The molecule has 2 fully saturated rings. The Labute approximate surface area is 97.3 Å². The van der Waals surface area contributed by atoms with E-state index in [9.17, 15) is 0 Å². The Morgan fingerprint density at radius 3 is 2.81 bits per heavy atom. The first-order chi connectivity index (χ1) is 7.83. The molecule has 1 aliphatic carbocycles. The maximum atomic E-state index is 4.34. The second-order valence-corrected chi connectivity index (χ2v) is 5.51. The highest BCUT2D eigenvalue weighted by Crippen LogP contribution is 2.45. The van der Waals surface area contributed by atoms with Crippen LogP contribution in [0.2, 0.25) is 0 Å². The minimum absolute atomic E-state index is 0.590. The minimum Gasteiger partial charge on any atom is -0.334 e. The summed E-state index contributed by atoms with van der Waals surface area (Å²) in [6.45, 7) is 5.78. The first-order valence-corrected chi connectivity index (χ1v) is 6.54. The van der Waals surface area contributed by atoms with Gasteiger partial charge in [-0.25, -0.2) is 4.98 Å². The van der Waals surface area contributed by atoms with Crippen molar-refractivity contribution < 1.29 is 0 Å². The fraction of sp³-hybridized carbons (Fsp3) is 0.769. The molecule has 2 aliphatic rings. The third-order valence-corrected chi connectivity index (χ3v) is 4.61. The average Bonchev–Trinajstić information content (AvgIpc) is 2.57. The SMILES string of the molecule is CCC1(Cn2cncc2C2CNC2)CCC1. The summed E-state index contributed by atoms with van der Waals surface area (Å²) in [6.07, 6.45) is 9.64. The van der Waals surface area contributed by atoms with Gasteiger partial charge >= 0.3 is 0 Å². The fourth-order valence-electron chi connectivity index (χ4n) is 2.96. The van der Waals surface area contributed by atoms with Gasteiger partial charge in [0, 0.05) is 37.4 Å². The van der Waals surface area contributed by atoms with Gasteiger partial charge in [0.25, 0.3) is 0 Å². The largest absolute Gasteiger partial charge is 0.334 e. The molecule has 0 aromatic carbocycles. The van der Waals surface area contributed by atoms with Crippen LogP contribution in [0.15, 0.2) is 12.5 Å². The van der Waals surface area contributed by atoms with Gasteiger partial charge in [0.1, 0.15) is 0 Å². The van der Waals surface area contributed by atoms with Gasteiger partial charge in [-0.15, -0.1) is 0 Å². The highest BCUT2D eigenvalue weighted by atomic mass is 15.1. The second kappa shape index (κ2) is 3.88. The topological polar surface area (TPSA) is 29.9 Å². The smallest absolute Gasteiger partial charge is 0.0948 e. The van der Waals surface area contributed by atoms with Crippen LogP contribution in [0.1, 0.15) is 44.2 Å². The van der Waals surface area contributed by atoms with Gasteiger partial charge in [0.15, 0.2) is 0 Å². The number of nitrogens with one attached hydrogen (secondary N) is 1. The summed E-state index contributed by atoms with van der Waals surface area (Å²) < 4.78 is 2.41. The Bertz CT molecular complexity index is 355. The van der Waals surface area contributed by atoms with E-state index in [1.54, 1.807) is 0 Å². The third kappa shape index (κ3) is 1.58. The van der Waals surface area contributed by atoms with Crippen LogP contribution >= 0.6 is 0 Å². The molecule has 3 nitrogen and oxygen atoms in total. The van der Waals surface area contributed by atoms with E-state index in [4.69, 9.17) is 0 Å². The zero-order valence-corrected chi connectivity index (χ0v) is 10.1. The molecule has 1 saturated carbocycles. The summed E-state index contributed by atoms with van der Waals surface area (Å²) >= 11 is 0. The lowest BCUT2D eigenvalue weighted by atomic mass is 9.67. The van der Waals surface area contributed by atoms with Crippen molar-refractivity contribution in [3.05, 3.63) is 18.2 Å². The van der Waals surface area contributed by atoms with Crippen LogP contribution in [0.4, 0.5) is 0 Å². The molecule has 3 heteroatoms. The zero-order chi connectivity index (χ0) is 11.0. The van der Waals surface area contributed by atoms with E-state index in [0.717, 1.165) is 13.1 Å². The molecule has 2 heterocycles. The molecule has 1 saturated heterocycles. The average molecular weight is 219 g/mol. The number of imidazole rings is 1. The minimum atomic E-state index is 0.590. The van der Waals surface area contributed by atoms with Crippen LogP contribution < -0.4 is 5.32 Å². The summed E-state index contributed by atoms with van der Waals surface area (Å²) in [5, 5.41) is 3.34. The van der Waals surface area contributed by atoms with E-state index >= 15 is 0 Å². The van der Waals surface area contributed by atoms with Gasteiger partial charge < -0.3 is 9.88 Å². The Kier molecular flexibility index (Phi) is 2.51. The van der Waals surface area contributed by atoms with E-state index in [1.807, 2.05) is 6.33 Å². The van der Waals surface area contributed by atoms with Crippen molar-refractivity contribution in [1.82, 2.24) is 14.9 Å². The molecule has 88 valence electrons. The number of aromatic nitrogens is 2. The maximum absolute atomic E-state index is 4.34. The van der Waals surface area contributed by atoms with E-state index in [2.05, 4.69) is 28.0 Å². The molecule has 0 radical (unpaired) electrons. The van der Waals surface area contributed by atoms with Crippen LogP contribution in [-0.2, 0) is 6.54 Å². The predicted molar refractivity (Wildman–Crippen MR) is 64.4 cm³/mol. The highest BCUT2D eigenvalue weighted by molar-refractivity contribution is 5.12. The summed E-state index contributed by atoms with van der Waals surface area (Å²) in [5.74, 6) is 0.705. The normalized spacial score (nSPS) is 23.8. The molecule has 1 aromatic rings. The van der Waals surface area contributed by atoms with E-state index in [0.29, 0.717) is 11.3 Å². The molecule has 1 N–H and O–H groups in total. The number of hydrogen-bond acceptors (Lipinski definition) is 2. The van der Waals surface area contributed by atoms with Crippen LogP contribution in [0.5, 0.6) is 0 Å². The molecule has 0 unspecified atom stereocenters. The Balaban J connectivity index is 1.76. The van der Waals surface area contributed by atoms with E-state index in [1.165, 1.54) is 37.9 Å². The lowest BCUT2D eigenvalue weighted by Gasteiger charge is -2.42. The molecule has 3 rings (SSSR count). The van der Waals surface area contributed by atoms with E-state index in [-0.39, 0.29) is 0 Å². The van der Waals surface area contributed by atoms with Crippen molar-refractivity contribution in [3.63, 3.8) is 0 Å². The lowest BCUT2D eigenvalue weighted by molar-refractivity contribution is 0.0982. The quantitative estimate of drug-likeness (QED) is 0.841. The highest BCUT2D eigenvalue weighted by Gasteiger charge is 2.36. The van der Waals surface area contributed by atoms with Gasteiger partial charge in [-0.1, -0.05) is 13.3 Å². The summed E-state index contributed by atoms with van der Waals surface area (Å²) in [4.78, 5) is 4.34. The summed E-state index contributed by atoms with van der Waals surface area (Å²) in [6, 6.07) is 0. The first-order valence-electron chi connectivity index (χ1n) is 6.54.